The highest BCUT2D eigenvalue weighted by Gasteiger charge is 2.10. The van der Waals surface area contributed by atoms with Crippen molar-refractivity contribution in [1.82, 2.24) is 0 Å². The molecule has 2 aromatic carbocycles. The lowest BCUT2D eigenvalue weighted by molar-refractivity contribution is 0.0988. The first kappa shape index (κ1) is 14.6. The van der Waals surface area contributed by atoms with Crippen molar-refractivity contribution in [3.05, 3.63) is 52.5 Å². The highest BCUT2D eigenvalue weighted by atomic mass is 35.5. The smallest absolute Gasteiger partial charge is 0.162 e. The first-order chi connectivity index (χ1) is 9.56. The lowest BCUT2D eigenvalue weighted by atomic mass is 9.99. The van der Waals surface area contributed by atoms with E-state index in [4.69, 9.17) is 16.3 Å². The number of hydrogen-bond donors (Lipinski definition) is 0. The van der Waals surface area contributed by atoms with E-state index in [0.29, 0.717) is 11.4 Å². The van der Waals surface area contributed by atoms with E-state index in [1.165, 1.54) is 0 Å². The average Bonchev–Trinajstić information content (AvgIpc) is 2.49. The Labute approximate surface area is 124 Å². The van der Waals surface area contributed by atoms with Crippen molar-refractivity contribution in [3.8, 4) is 16.9 Å². The molecular weight excluding hydrogens is 272 g/mol. The number of methoxy groups -OCH3 is 1. The molecule has 2 rings (SSSR count). The van der Waals surface area contributed by atoms with Gasteiger partial charge in [-0.15, -0.1) is 0 Å². The summed E-state index contributed by atoms with van der Waals surface area (Å²) in [6, 6.07) is 11.4. The zero-order chi connectivity index (χ0) is 14.7. The van der Waals surface area contributed by atoms with Crippen molar-refractivity contribution in [2.45, 2.75) is 20.3 Å². The van der Waals surface area contributed by atoms with E-state index in [1.807, 2.05) is 50.2 Å². The van der Waals surface area contributed by atoms with Gasteiger partial charge in [0.15, 0.2) is 5.78 Å². The Balaban J connectivity index is 2.46. The minimum Gasteiger partial charge on any atom is -0.496 e. The van der Waals surface area contributed by atoms with E-state index in [-0.39, 0.29) is 5.78 Å². The zero-order valence-electron chi connectivity index (χ0n) is 11.9. The van der Waals surface area contributed by atoms with Crippen molar-refractivity contribution < 1.29 is 9.53 Å². The van der Waals surface area contributed by atoms with Crippen molar-refractivity contribution in [1.29, 1.82) is 0 Å². The van der Waals surface area contributed by atoms with E-state index < -0.39 is 0 Å². The van der Waals surface area contributed by atoms with E-state index in [9.17, 15) is 4.79 Å². The third kappa shape index (κ3) is 2.86. The van der Waals surface area contributed by atoms with Crippen LogP contribution in [-0.4, -0.2) is 12.9 Å². The maximum absolute atomic E-state index is 11.6. The Hall–Kier alpha value is -1.80. The third-order valence-electron chi connectivity index (χ3n) is 3.32. The molecule has 0 aliphatic heterocycles. The number of ether oxygens (including phenoxy) is 1. The van der Waals surface area contributed by atoms with E-state index in [1.54, 1.807) is 7.11 Å². The topological polar surface area (TPSA) is 26.3 Å². The molecule has 0 unspecified atom stereocenters. The summed E-state index contributed by atoms with van der Waals surface area (Å²) in [6.07, 6.45) is 0.517. The largest absolute Gasteiger partial charge is 0.496 e. The van der Waals surface area contributed by atoms with Gasteiger partial charge in [-0.3, -0.25) is 4.79 Å². The summed E-state index contributed by atoms with van der Waals surface area (Å²) >= 11 is 6.11. The van der Waals surface area contributed by atoms with Crippen LogP contribution < -0.4 is 4.74 Å². The summed E-state index contributed by atoms with van der Waals surface area (Å²) in [4.78, 5) is 11.6. The van der Waals surface area contributed by atoms with Gasteiger partial charge in [-0.25, -0.2) is 0 Å². The molecule has 0 bridgehead atoms. The average molecular weight is 289 g/mol. The maximum atomic E-state index is 11.6. The minimum absolute atomic E-state index is 0.149. The zero-order valence-corrected chi connectivity index (χ0v) is 12.6. The molecule has 0 fully saturated rings. The van der Waals surface area contributed by atoms with E-state index in [0.717, 1.165) is 28.0 Å². The lowest BCUT2D eigenvalue weighted by Gasteiger charge is -2.11. The fraction of sp³-hybridized carbons (Fsp3) is 0.235. The molecule has 3 heteroatoms. The van der Waals surface area contributed by atoms with Crippen LogP contribution in [-0.2, 0) is 0 Å². The molecule has 0 saturated carbocycles. The Kier molecular flexibility index (Phi) is 4.46. The third-order valence-corrected chi connectivity index (χ3v) is 3.73. The van der Waals surface area contributed by atoms with Crippen LogP contribution in [0, 0.1) is 6.92 Å². The van der Waals surface area contributed by atoms with Crippen molar-refractivity contribution >= 4 is 17.4 Å². The van der Waals surface area contributed by atoms with Gasteiger partial charge in [0.25, 0.3) is 0 Å². The standard InChI is InChI=1S/C17H17ClO2/c1-4-16(19)13-7-5-12(6-8-13)14-9-11(2)15(18)10-17(14)20-3/h5-10H,4H2,1-3H3. The summed E-state index contributed by atoms with van der Waals surface area (Å²) in [5, 5.41) is 0.684. The van der Waals surface area contributed by atoms with Gasteiger partial charge in [0.05, 0.1) is 7.11 Å². The Bertz CT molecular complexity index is 630. The van der Waals surface area contributed by atoms with E-state index in [2.05, 4.69) is 0 Å². The molecule has 0 heterocycles. The monoisotopic (exact) mass is 288 g/mol. The maximum Gasteiger partial charge on any atom is 0.162 e. The van der Waals surface area contributed by atoms with Gasteiger partial charge in [0, 0.05) is 22.6 Å². The van der Waals surface area contributed by atoms with Crippen LogP contribution in [0.4, 0.5) is 0 Å². The predicted octanol–water partition coefficient (Wildman–Crippen LogP) is 4.92. The first-order valence-electron chi connectivity index (χ1n) is 6.54. The van der Waals surface area contributed by atoms with Crippen LogP contribution in [0.2, 0.25) is 5.02 Å². The number of carbonyl (C=O) groups is 1. The summed E-state index contributed by atoms with van der Waals surface area (Å²) in [7, 11) is 1.62. The summed E-state index contributed by atoms with van der Waals surface area (Å²) in [5.74, 6) is 0.881. The minimum atomic E-state index is 0.149. The molecule has 0 aliphatic rings. The predicted molar refractivity (Wildman–Crippen MR) is 82.8 cm³/mol. The molecule has 2 nitrogen and oxygen atoms in total. The number of aryl methyl sites for hydroxylation is 1. The molecule has 0 spiro atoms. The van der Waals surface area contributed by atoms with Crippen LogP contribution in [0.25, 0.3) is 11.1 Å². The fourth-order valence-corrected chi connectivity index (χ4v) is 2.25. The number of Topliss-reactive ketones (excluding diaryl/α,β-unsaturated/α-hetero) is 1. The molecule has 20 heavy (non-hydrogen) atoms. The van der Waals surface area contributed by atoms with Crippen molar-refractivity contribution in [2.75, 3.05) is 7.11 Å². The van der Waals surface area contributed by atoms with Gasteiger partial charge < -0.3 is 4.74 Å². The highest BCUT2D eigenvalue weighted by Crippen LogP contribution is 2.34. The van der Waals surface area contributed by atoms with Crippen LogP contribution in [0.5, 0.6) is 5.75 Å². The molecule has 2 aromatic rings. The second-order valence-corrected chi connectivity index (χ2v) is 5.06. The molecule has 104 valence electrons. The first-order valence-corrected chi connectivity index (χ1v) is 6.92. The van der Waals surface area contributed by atoms with Gasteiger partial charge in [0.2, 0.25) is 0 Å². The quantitative estimate of drug-likeness (QED) is 0.747. The molecule has 0 radical (unpaired) electrons. The van der Waals surface area contributed by atoms with E-state index >= 15 is 0 Å². The number of carbonyl (C=O) groups excluding carboxylic acids is 1. The van der Waals surface area contributed by atoms with Crippen LogP contribution in [0.3, 0.4) is 0 Å². The molecule has 0 aliphatic carbocycles. The van der Waals surface area contributed by atoms with Crippen LogP contribution in [0.1, 0.15) is 29.3 Å². The number of rotatable bonds is 4. The number of ketones is 1. The number of halogens is 1. The van der Waals surface area contributed by atoms with Gasteiger partial charge in [-0.1, -0.05) is 42.8 Å². The number of hydrogen-bond acceptors (Lipinski definition) is 2. The molecule has 0 saturated heterocycles. The van der Waals surface area contributed by atoms with Crippen molar-refractivity contribution in [2.24, 2.45) is 0 Å². The summed E-state index contributed by atoms with van der Waals surface area (Å²) in [6.45, 7) is 3.82. The SMILES string of the molecule is CCC(=O)c1ccc(-c2cc(C)c(Cl)cc2OC)cc1. The normalized spacial score (nSPS) is 10.4. The molecule has 0 atom stereocenters. The Morgan fingerprint density at radius 3 is 2.40 bits per heavy atom. The number of benzene rings is 2. The second kappa shape index (κ2) is 6.10. The molecule has 0 amide bonds. The van der Waals surface area contributed by atoms with Crippen LogP contribution in [0.15, 0.2) is 36.4 Å². The van der Waals surface area contributed by atoms with Gasteiger partial charge in [-0.05, 0) is 30.2 Å². The lowest BCUT2D eigenvalue weighted by Crippen LogP contribution is -1.96. The fourth-order valence-electron chi connectivity index (χ4n) is 2.10. The molecule has 0 N–H and O–H groups in total. The molecule has 0 aromatic heterocycles. The summed E-state index contributed by atoms with van der Waals surface area (Å²) in [5.41, 5.74) is 3.72. The van der Waals surface area contributed by atoms with Crippen LogP contribution >= 0.6 is 11.6 Å². The highest BCUT2D eigenvalue weighted by molar-refractivity contribution is 6.31. The van der Waals surface area contributed by atoms with Crippen molar-refractivity contribution in [3.63, 3.8) is 0 Å². The van der Waals surface area contributed by atoms with Gasteiger partial charge in [-0.2, -0.15) is 0 Å². The Morgan fingerprint density at radius 2 is 1.85 bits per heavy atom. The van der Waals surface area contributed by atoms with Gasteiger partial charge >= 0.3 is 0 Å². The molecular formula is C17H17ClO2. The second-order valence-electron chi connectivity index (χ2n) is 4.66. The van der Waals surface area contributed by atoms with Gasteiger partial charge in [0.1, 0.15) is 5.75 Å². The Morgan fingerprint density at radius 1 is 1.20 bits per heavy atom. The summed E-state index contributed by atoms with van der Waals surface area (Å²) < 4.78 is 5.38.